The third-order valence-corrected chi connectivity index (χ3v) is 5.51. The van der Waals surface area contributed by atoms with Crippen molar-refractivity contribution in [2.45, 2.75) is 12.3 Å². The van der Waals surface area contributed by atoms with Crippen molar-refractivity contribution in [3.63, 3.8) is 0 Å². The number of hydrogen-bond donors (Lipinski definition) is 0. The van der Waals surface area contributed by atoms with E-state index in [1.807, 2.05) is 0 Å². The van der Waals surface area contributed by atoms with Crippen LogP contribution < -0.4 is 0 Å². The van der Waals surface area contributed by atoms with Crippen molar-refractivity contribution in [1.82, 2.24) is 9.55 Å². The van der Waals surface area contributed by atoms with Gasteiger partial charge < -0.3 is 0 Å². The summed E-state index contributed by atoms with van der Waals surface area (Å²) < 4.78 is 2.37. The first-order valence-corrected chi connectivity index (χ1v) is 8.78. The predicted octanol–water partition coefficient (Wildman–Crippen LogP) is 5.75. The summed E-state index contributed by atoms with van der Waals surface area (Å²) in [4.78, 5) is 5.03. The molecular weight excluding hydrogens is 304 g/mol. The van der Waals surface area contributed by atoms with Crippen LogP contribution in [0.4, 0.5) is 0 Å². The maximum atomic E-state index is 5.03. The van der Waals surface area contributed by atoms with Gasteiger partial charge in [-0.3, -0.25) is 4.57 Å². The van der Waals surface area contributed by atoms with E-state index in [1.54, 1.807) is 0 Å². The van der Waals surface area contributed by atoms with Crippen LogP contribution in [0, 0.1) is 0 Å². The molecule has 25 heavy (non-hydrogen) atoms. The van der Waals surface area contributed by atoms with E-state index in [0.717, 1.165) is 17.8 Å². The molecule has 0 N–H and O–H groups in total. The van der Waals surface area contributed by atoms with Gasteiger partial charge in [0, 0.05) is 17.2 Å². The van der Waals surface area contributed by atoms with Gasteiger partial charge in [-0.25, -0.2) is 4.98 Å². The van der Waals surface area contributed by atoms with Crippen molar-refractivity contribution in [2.24, 2.45) is 0 Å². The predicted molar refractivity (Wildman–Crippen MR) is 103 cm³/mol. The van der Waals surface area contributed by atoms with Crippen molar-refractivity contribution in [3.8, 4) is 11.4 Å². The average Bonchev–Trinajstić information content (AvgIpc) is 3.07. The maximum Gasteiger partial charge on any atom is 0.146 e. The minimum absolute atomic E-state index is 0.398. The summed E-state index contributed by atoms with van der Waals surface area (Å²) in [5.41, 5.74) is 6.30. The number of benzene rings is 3. The van der Waals surface area contributed by atoms with Crippen LogP contribution in [0.1, 0.15) is 17.9 Å². The number of rotatable bonds is 0. The number of para-hydroxylation sites is 2. The number of allylic oxidation sites excluding steroid dienone is 4. The Morgan fingerprint density at radius 3 is 2.80 bits per heavy atom. The number of nitrogens with zero attached hydrogens (tertiary/aromatic N) is 2. The van der Waals surface area contributed by atoms with Crippen LogP contribution in [0.5, 0.6) is 0 Å². The van der Waals surface area contributed by atoms with Crippen molar-refractivity contribution >= 4 is 27.5 Å². The van der Waals surface area contributed by atoms with Gasteiger partial charge in [-0.2, -0.15) is 0 Å². The van der Waals surface area contributed by atoms with E-state index in [-0.39, 0.29) is 0 Å². The Kier molecular flexibility index (Phi) is 2.48. The zero-order chi connectivity index (χ0) is 16.4. The summed E-state index contributed by atoms with van der Waals surface area (Å²) in [5.74, 6) is 1.47. The molecule has 3 aromatic carbocycles. The third kappa shape index (κ3) is 1.66. The van der Waals surface area contributed by atoms with Gasteiger partial charge in [0.1, 0.15) is 5.82 Å². The van der Waals surface area contributed by atoms with Crippen LogP contribution in [0.2, 0.25) is 0 Å². The Hall–Kier alpha value is -3.13. The van der Waals surface area contributed by atoms with Crippen molar-refractivity contribution < 1.29 is 0 Å². The zero-order valence-corrected chi connectivity index (χ0v) is 13.7. The van der Waals surface area contributed by atoms with Crippen LogP contribution in [0.25, 0.3) is 38.9 Å². The number of fused-ring (bicyclic) bond motifs is 10. The fraction of sp³-hybridized carbons (Fsp3) is 0.0870. The fourth-order valence-corrected chi connectivity index (χ4v) is 4.42. The van der Waals surface area contributed by atoms with Gasteiger partial charge in [-0.15, -0.1) is 0 Å². The molecule has 118 valence electrons. The van der Waals surface area contributed by atoms with Crippen molar-refractivity contribution in [2.75, 3.05) is 0 Å². The topological polar surface area (TPSA) is 17.8 Å². The SMILES string of the molecule is C1=CCC2C(=C1)n1c(nc3ccccc31)-c1c2ccc2ccccc12. The molecule has 0 bridgehead atoms. The molecule has 0 fully saturated rings. The molecule has 0 saturated heterocycles. The van der Waals surface area contributed by atoms with E-state index in [1.165, 1.54) is 33.1 Å². The summed E-state index contributed by atoms with van der Waals surface area (Å²) in [6.07, 6.45) is 7.75. The first-order valence-electron chi connectivity index (χ1n) is 8.78. The Morgan fingerprint density at radius 2 is 1.80 bits per heavy atom. The Bertz CT molecular complexity index is 1220. The minimum Gasteiger partial charge on any atom is -0.295 e. The monoisotopic (exact) mass is 320 g/mol. The maximum absolute atomic E-state index is 5.03. The van der Waals surface area contributed by atoms with E-state index in [0.29, 0.717) is 5.92 Å². The molecule has 2 heteroatoms. The van der Waals surface area contributed by atoms with Gasteiger partial charge in [0.25, 0.3) is 0 Å². The Balaban J connectivity index is 1.84. The van der Waals surface area contributed by atoms with Crippen LogP contribution in [-0.4, -0.2) is 9.55 Å². The summed E-state index contributed by atoms with van der Waals surface area (Å²) in [6.45, 7) is 0. The summed E-state index contributed by atoms with van der Waals surface area (Å²) in [5, 5.41) is 2.57. The quantitative estimate of drug-likeness (QED) is 0.403. The molecule has 6 rings (SSSR count). The summed E-state index contributed by atoms with van der Waals surface area (Å²) >= 11 is 0. The lowest BCUT2D eigenvalue weighted by atomic mass is 9.81. The van der Waals surface area contributed by atoms with Gasteiger partial charge in [0.2, 0.25) is 0 Å². The molecule has 0 saturated carbocycles. The van der Waals surface area contributed by atoms with Gasteiger partial charge in [0.05, 0.1) is 11.0 Å². The second-order valence-electron chi connectivity index (χ2n) is 6.82. The minimum atomic E-state index is 0.398. The normalized spacial score (nSPS) is 17.9. The van der Waals surface area contributed by atoms with E-state index < -0.39 is 0 Å². The molecule has 4 aromatic rings. The van der Waals surface area contributed by atoms with Crippen molar-refractivity contribution in [1.29, 1.82) is 0 Å². The van der Waals surface area contributed by atoms with E-state index in [2.05, 4.69) is 83.5 Å². The highest BCUT2D eigenvalue weighted by atomic mass is 15.1. The van der Waals surface area contributed by atoms with Gasteiger partial charge in [0.15, 0.2) is 0 Å². The molecule has 2 aliphatic rings. The number of imidazole rings is 1. The summed E-state index contributed by atoms with van der Waals surface area (Å²) in [7, 11) is 0. The fourth-order valence-electron chi connectivity index (χ4n) is 4.42. The molecule has 1 atom stereocenters. The Morgan fingerprint density at radius 1 is 0.920 bits per heavy atom. The molecule has 1 aromatic heterocycles. The largest absolute Gasteiger partial charge is 0.295 e. The number of hydrogen-bond acceptors (Lipinski definition) is 1. The lowest BCUT2D eigenvalue weighted by molar-refractivity contribution is 0.806. The number of aromatic nitrogens is 2. The molecule has 2 heterocycles. The van der Waals surface area contributed by atoms with Crippen LogP contribution in [-0.2, 0) is 0 Å². The molecule has 2 nitrogen and oxygen atoms in total. The van der Waals surface area contributed by atoms with Gasteiger partial charge in [-0.1, -0.05) is 60.7 Å². The van der Waals surface area contributed by atoms with Crippen LogP contribution in [0.3, 0.4) is 0 Å². The highest BCUT2D eigenvalue weighted by molar-refractivity contribution is 6.02. The highest BCUT2D eigenvalue weighted by Gasteiger charge is 2.32. The molecule has 0 spiro atoms. The zero-order valence-electron chi connectivity index (χ0n) is 13.7. The standard InChI is InChI=1S/C23H16N2/c1-2-8-16-15(7-1)13-14-18-17-9-3-5-11-20(17)25-21-12-6-4-10-19(21)24-23(25)22(16)18/h1-8,10-14,17H,9H2. The average molecular weight is 320 g/mol. The van der Waals surface area contributed by atoms with E-state index in [9.17, 15) is 0 Å². The van der Waals surface area contributed by atoms with Crippen LogP contribution in [0.15, 0.2) is 78.9 Å². The molecule has 1 aliphatic carbocycles. The molecule has 0 radical (unpaired) electrons. The molecule has 1 aliphatic heterocycles. The summed E-state index contributed by atoms with van der Waals surface area (Å²) in [6, 6.07) is 21.7. The molecule has 0 amide bonds. The molecule has 1 unspecified atom stereocenters. The first kappa shape index (κ1) is 13.2. The van der Waals surface area contributed by atoms with Gasteiger partial charge >= 0.3 is 0 Å². The Labute approximate surface area is 145 Å². The molecular formula is C23H16N2. The highest BCUT2D eigenvalue weighted by Crippen LogP contribution is 2.48. The smallest absolute Gasteiger partial charge is 0.146 e. The second kappa shape index (κ2) is 4.70. The van der Waals surface area contributed by atoms with Crippen LogP contribution >= 0.6 is 0 Å². The van der Waals surface area contributed by atoms with Gasteiger partial charge in [-0.05, 0) is 41.0 Å². The van der Waals surface area contributed by atoms with E-state index >= 15 is 0 Å². The van der Waals surface area contributed by atoms with Crippen molar-refractivity contribution in [3.05, 3.63) is 84.5 Å². The lowest BCUT2D eigenvalue weighted by Gasteiger charge is -2.31. The first-order chi connectivity index (χ1) is 12.4. The second-order valence-corrected chi connectivity index (χ2v) is 6.82. The van der Waals surface area contributed by atoms with E-state index in [4.69, 9.17) is 4.98 Å². The third-order valence-electron chi connectivity index (χ3n) is 5.51. The lowest BCUT2D eigenvalue weighted by Crippen LogP contribution is -2.17.